The molecule has 1 N–H and O–H groups in total. The van der Waals surface area contributed by atoms with Gasteiger partial charge in [0.2, 0.25) is 5.91 Å². The number of nitro groups is 1. The highest BCUT2D eigenvalue weighted by Gasteiger charge is 2.26. The second-order valence-electron chi connectivity index (χ2n) is 6.50. The summed E-state index contributed by atoms with van der Waals surface area (Å²) < 4.78 is 0. The Labute approximate surface area is 156 Å². The fraction of sp³-hybridized carbons (Fsp3) is 0.316. The van der Waals surface area contributed by atoms with Crippen molar-refractivity contribution in [3.63, 3.8) is 0 Å². The molecule has 26 heavy (non-hydrogen) atoms. The smallest absolute Gasteiger partial charge is 0.271 e. The molecule has 2 aromatic rings. The number of halogens is 1. The lowest BCUT2D eigenvalue weighted by Crippen LogP contribution is -2.40. The first-order chi connectivity index (χ1) is 12.5. The highest BCUT2D eigenvalue weighted by atomic mass is 35.5. The van der Waals surface area contributed by atoms with Crippen LogP contribution in [-0.2, 0) is 11.3 Å². The van der Waals surface area contributed by atoms with Crippen LogP contribution < -0.4 is 5.32 Å². The van der Waals surface area contributed by atoms with Crippen LogP contribution in [0.5, 0.6) is 0 Å². The van der Waals surface area contributed by atoms with E-state index in [0.29, 0.717) is 17.3 Å². The van der Waals surface area contributed by atoms with Gasteiger partial charge in [-0.15, -0.1) is 0 Å². The van der Waals surface area contributed by atoms with E-state index in [1.165, 1.54) is 12.1 Å². The normalized spacial score (nSPS) is 17.7. The molecule has 1 aliphatic rings. The summed E-state index contributed by atoms with van der Waals surface area (Å²) in [5, 5.41) is 14.4. The number of piperidine rings is 1. The summed E-state index contributed by atoms with van der Waals surface area (Å²) >= 11 is 5.92. The molecule has 3 rings (SSSR count). The number of nitro benzene ring substituents is 1. The van der Waals surface area contributed by atoms with Crippen molar-refractivity contribution >= 4 is 28.9 Å². The van der Waals surface area contributed by atoms with E-state index in [9.17, 15) is 14.9 Å². The highest BCUT2D eigenvalue weighted by molar-refractivity contribution is 6.30. The zero-order valence-electron chi connectivity index (χ0n) is 14.2. The van der Waals surface area contributed by atoms with Gasteiger partial charge >= 0.3 is 0 Å². The summed E-state index contributed by atoms with van der Waals surface area (Å²) in [4.78, 5) is 25.2. The van der Waals surface area contributed by atoms with Crippen LogP contribution in [0.1, 0.15) is 18.4 Å². The molecule has 1 amide bonds. The lowest BCUT2D eigenvalue weighted by atomic mass is 9.96. The zero-order chi connectivity index (χ0) is 18.5. The average Bonchev–Trinajstić information content (AvgIpc) is 2.64. The minimum Gasteiger partial charge on any atom is -0.326 e. The van der Waals surface area contributed by atoms with Gasteiger partial charge < -0.3 is 5.32 Å². The van der Waals surface area contributed by atoms with Crippen molar-refractivity contribution in [2.24, 2.45) is 5.92 Å². The second kappa shape index (κ2) is 8.29. The van der Waals surface area contributed by atoms with Crippen LogP contribution in [0.4, 0.5) is 11.4 Å². The van der Waals surface area contributed by atoms with E-state index in [1.54, 1.807) is 12.1 Å². The number of carbonyl (C=O) groups excluding carboxylic acids is 1. The monoisotopic (exact) mass is 373 g/mol. The Morgan fingerprint density at radius 3 is 2.77 bits per heavy atom. The molecule has 7 heteroatoms. The maximum Gasteiger partial charge on any atom is 0.271 e. The molecule has 0 spiro atoms. The van der Waals surface area contributed by atoms with Crippen molar-refractivity contribution in [1.82, 2.24) is 4.90 Å². The van der Waals surface area contributed by atoms with Crippen LogP contribution in [0.3, 0.4) is 0 Å². The van der Waals surface area contributed by atoms with Crippen LogP contribution in [0.25, 0.3) is 0 Å². The molecule has 0 aliphatic carbocycles. The first kappa shape index (κ1) is 18.4. The van der Waals surface area contributed by atoms with E-state index in [1.807, 2.05) is 24.3 Å². The number of nitrogens with one attached hydrogen (secondary N) is 1. The van der Waals surface area contributed by atoms with E-state index in [0.717, 1.165) is 31.5 Å². The zero-order valence-corrected chi connectivity index (χ0v) is 15.0. The summed E-state index contributed by atoms with van der Waals surface area (Å²) in [6.07, 6.45) is 1.76. The number of carbonyl (C=O) groups is 1. The van der Waals surface area contributed by atoms with Crippen molar-refractivity contribution in [2.45, 2.75) is 19.4 Å². The number of hydrogen-bond acceptors (Lipinski definition) is 4. The number of likely N-dealkylation sites (tertiary alicyclic amines) is 1. The Kier molecular flexibility index (Phi) is 5.85. The third kappa shape index (κ3) is 4.80. The molecular weight excluding hydrogens is 354 g/mol. The Hall–Kier alpha value is -2.44. The Morgan fingerprint density at radius 1 is 1.27 bits per heavy atom. The lowest BCUT2D eigenvalue weighted by molar-refractivity contribution is -0.384. The molecule has 1 fully saturated rings. The van der Waals surface area contributed by atoms with Crippen molar-refractivity contribution < 1.29 is 9.72 Å². The Balaban J connectivity index is 1.60. The number of anilines is 1. The predicted molar refractivity (Wildman–Crippen MR) is 101 cm³/mol. The molecule has 6 nitrogen and oxygen atoms in total. The number of amides is 1. The number of benzene rings is 2. The van der Waals surface area contributed by atoms with Gasteiger partial charge in [0.05, 0.1) is 10.8 Å². The molecular formula is C19H20ClN3O3. The van der Waals surface area contributed by atoms with Gasteiger partial charge in [-0.2, -0.15) is 0 Å². The van der Waals surface area contributed by atoms with Crippen LogP contribution >= 0.6 is 11.6 Å². The van der Waals surface area contributed by atoms with E-state index >= 15 is 0 Å². The molecule has 0 bridgehead atoms. The van der Waals surface area contributed by atoms with E-state index in [-0.39, 0.29) is 17.5 Å². The fourth-order valence-corrected chi connectivity index (χ4v) is 3.33. The lowest BCUT2D eigenvalue weighted by Gasteiger charge is -2.32. The third-order valence-corrected chi connectivity index (χ3v) is 4.77. The average molecular weight is 374 g/mol. The van der Waals surface area contributed by atoms with Gasteiger partial charge in [-0.25, -0.2) is 0 Å². The summed E-state index contributed by atoms with van der Waals surface area (Å²) in [5.74, 6) is -0.221. The molecule has 1 aliphatic heterocycles. The van der Waals surface area contributed by atoms with E-state index in [2.05, 4.69) is 10.2 Å². The fourth-order valence-electron chi connectivity index (χ4n) is 3.20. The minimum absolute atomic E-state index is 0.0317. The number of nitrogens with zero attached hydrogens (tertiary/aromatic N) is 2. The maximum atomic E-state index is 12.6. The molecule has 1 atom stereocenters. The number of rotatable bonds is 5. The predicted octanol–water partition coefficient (Wildman–Crippen LogP) is 4.10. The molecule has 0 unspecified atom stereocenters. The summed E-state index contributed by atoms with van der Waals surface area (Å²) in [6.45, 7) is 2.39. The highest BCUT2D eigenvalue weighted by Crippen LogP contribution is 2.22. The van der Waals surface area contributed by atoms with Gasteiger partial charge in [0.15, 0.2) is 0 Å². The molecule has 0 radical (unpaired) electrons. The standard InChI is InChI=1S/C19H20ClN3O3/c20-16-8-6-14(7-9-16)12-22-10-2-3-15(13-22)19(24)21-17-4-1-5-18(11-17)23(25)26/h1,4-9,11,15H,2-3,10,12-13H2,(H,21,24)/t15-/m0/s1. The largest absolute Gasteiger partial charge is 0.326 e. The Morgan fingerprint density at radius 2 is 2.04 bits per heavy atom. The number of non-ortho nitro benzene ring substituents is 1. The summed E-state index contributed by atoms with van der Waals surface area (Å²) in [6, 6.07) is 13.8. The van der Waals surface area contributed by atoms with E-state index < -0.39 is 4.92 Å². The molecule has 1 saturated heterocycles. The second-order valence-corrected chi connectivity index (χ2v) is 6.93. The molecule has 1 heterocycles. The van der Waals surface area contributed by atoms with Crippen molar-refractivity contribution in [2.75, 3.05) is 18.4 Å². The first-order valence-corrected chi connectivity index (χ1v) is 8.91. The van der Waals surface area contributed by atoms with Gasteiger partial charge in [0, 0.05) is 35.9 Å². The van der Waals surface area contributed by atoms with E-state index in [4.69, 9.17) is 11.6 Å². The van der Waals surface area contributed by atoms with Gasteiger partial charge in [-0.1, -0.05) is 29.8 Å². The third-order valence-electron chi connectivity index (χ3n) is 4.52. The topological polar surface area (TPSA) is 75.5 Å². The van der Waals surface area contributed by atoms with Gasteiger partial charge in [-0.3, -0.25) is 19.8 Å². The van der Waals surface area contributed by atoms with Crippen molar-refractivity contribution in [3.05, 3.63) is 69.2 Å². The first-order valence-electron chi connectivity index (χ1n) is 8.53. The molecule has 0 saturated carbocycles. The van der Waals surface area contributed by atoms with Crippen molar-refractivity contribution in [1.29, 1.82) is 0 Å². The van der Waals surface area contributed by atoms with Gasteiger partial charge in [-0.05, 0) is 43.1 Å². The molecule has 136 valence electrons. The minimum atomic E-state index is -0.468. The van der Waals surface area contributed by atoms with Crippen LogP contribution in [0.2, 0.25) is 5.02 Å². The van der Waals surface area contributed by atoms with Crippen LogP contribution in [0.15, 0.2) is 48.5 Å². The van der Waals surface area contributed by atoms with Crippen LogP contribution in [0, 0.1) is 16.0 Å². The quantitative estimate of drug-likeness (QED) is 0.632. The van der Waals surface area contributed by atoms with Crippen LogP contribution in [-0.4, -0.2) is 28.8 Å². The van der Waals surface area contributed by atoms with Gasteiger partial charge in [0.25, 0.3) is 5.69 Å². The summed E-state index contributed by atoms with van der Waals surface area (Å²) in [7, 11) is 0. The molecule has 2 aromatic carbocycles. The summed E-state index contributed by atoms with van der Waals surface area (Å²) in [5.41, 5.74) is 1.59. The molecule has 0 aromatic heterocycles. The van der Waals surface area contributed by atoms with Gasteiger partial charge in [0.1, 0.15) is 0 Å². The number of hydrogen-bond donors (Lipinski definition) is 1. The Bertz CT molecular complexity index is 795. The van der Waals surface area contributed by atoms with Crippen molar-refractivity contribution in [3.8, 4) is 0 Å². The maximum absolute atomic E-state index is 12.6. The SMILES string of the molecule is O=C(Nc1cccc([N+](=O)[O-])c1)[C@H]1CCCN(Cc2ccc(Cl)cc2)C1.